The van der Waals surface area contributed by atoms with Crippen molar-refractivity contribution in [3.63, 3.8) is 0 Å². The fraction of sp³-hybridized carbons (Fsp3) is 0.588. The van der Waals surface area contributed by atoms with Gasteiger partial charge in [-0.25, -0.2) is 0 Å². The first-order chi connectivity index (χ1) is 11.7. The molecule has 1 atom stereocenters. The Labute approximate surface area is 146 Å². The van der Waals surface area contributed by atoms with Crippen molar-refractivity contribution >= 4 is 23.4 Å². The second-order valence-corrected chi connectivity index (χ2v) is 7.51. The lowest BCUT2D eigenvalue weighted by Gasteiger charge is -2.32. The minimum absolute atomic E-state index is 0.0978. The molecule has 2 heterocycles. The topological polar surface area (TPSA) is 66.7 Å². The molecule has 24 heavy (non-hydrogen) atoms. The zero-order chi connectivity index (χ0) is 16.9. The average molecular weight is 349 g/mol. The van der Waals surface area contributed by atoms with Crippen LogP contribution in [-0.2, 0) is 0 Å². The Morgan fingerprint density at radius 1 is 1.21 bits per heavy atom. The Kier molecular flexibility index (Phi) is 5.73. The number of hydrogen-bond donors (Lipinski definition) is 0. The zero-order valence-electron chi connectivity index (χ0n) is 13.7. The second kappa shape index (κ2) is 7.98. The average Bonchev–Trinajstić information content (AvgIpc) is 2.99. The molecule has 0 spiro atoms. The molecule has 1 amide bonds. The van der Waals surface area contributed by atoms with Crippen LogP contribution in [0.1, 0.15) is 29.6 Å². The van der Waals surface area contributed by atoms with Crippen LogP contribution in [0.2, 0.25) is 0 Å². The molecular formula is C17H23N3O3S. The van der Waals surface area contributed by atoms with E-state index in [0.29, 0.717) is 6.54 Å². The number of amides is 1. The molecule has 130 valence electrons. The van der Waals surface area contributed by atoms with Crippen LogP contribution in [0.4, 0.5) is 5.69 Å². The van der Waals surface area contributed by atoms with Gasteiger partial charge in [0, 0.05) is 24.9 Å². The fourth-order valence-corrected chi connectivity index (χ4v) is 4.54. The van der Waals surface area contributed by atoms with Gasteiger partial charge in [-0.1, -0.05) is 12.1 Å². The van der Waals surface area contributed by atoms with Crippen LogP contribution >= 0.6 is 11.8 Å². The maximum Gasteiger partial charge on any atom is 0.282 e. The van der Waals surface area contributed by atoms with Gasteiger partial charge in [-0.2, -0.15) is 11.8 Å². The Bertz CT molecular complexity index is 604. The van der Waals surface area contributed by atoms with Crippen molar-refractivity contribution in [2.75, 3.05) is 37.7 Å². The highest BCUT2D eigenvalue weighted by Gasteiger charge is 2.31. The largest absolute Gasteiger partial charge is 0.333 e. The Morgan fingerprint density at radius 3 is 2.71 bits per heavy atom. The number of para-hydroxylation sites is 1. The van der Waals surface area contributed by atoms with Gasteiger partial charge >= 0.3 is 0 Å². The Morgan fingerprint density at radius 2 is 1.96 bits per heavy atom. The first kappa shape index (κ1) is 17.2. The summed E-state index contributed by atoms with van der Waals surface area (Å²) in [6.07, 6.45) is 3.38. The number of nitro groups is 1. The van der Waals surface area contributed by atoms with Crippen LogP contribution in [0.15, 0.2) is 24.3 Å². The number of nitro benzene ring substituents is 1. The maximum atomic E-state index is 13.1. The van der Waals surface area contributed by atoms with Crippen LogP contribution in [0, 0.1) is 10.1 Å². The van der Waals surface area contributed by atoms with Gasteiger partial charge in [0.2, 0.25) is 0 Å². The lowest BCUT2D eigenvalue weighted by atomic mass is 10.1. The minimum atomic E-state index is -0.463. The van der Waals surface area contributed by atoms with E-state index in [4.69, 9.17) is 0 Å². The number of likely N-dealkylation sites (tertiary alicyclic amines) is 1. The quantitative estimate of drug-likeness (QED) is 0.617. The number of carbonyl (C=O) groups is 1. The van der Waals surface area contributed by atoms with Crippen molar-refractivity contribution in [1.29, 1.82) is 0 Å². The molecule has 1 aromatic carbocycles. The Hall–Kier alpha value is -1.60. The van der Waals surface area contributed by atoms with Crippen LogP contribution in [-0.4, -0.2) is 64.4 Å². The van der Waals surface area contributed by atoms with Crippen molar-refractivity contribution in [2.24, 2.45) is 0 Å². The lowest BCUT2D eigenvalue weighted by Crippen LogP contribution is -2.47. The van der Waals surface area contributed by atoms with E-state index >= 15 is 0 Å². The van der Waals surface area contributed by atoms with E-state index < -0.39 is 4.92 Å². The third-order valence-corrected chi connectivity index (χ3v) is 5.90. The third kappa shape index (κ3) is 3.89. The summed E-state index contributed by atoms with van der Waals surface area (Å²) in [5.74, 6) is 1.74. The number of rotatable bonds is 4. The molecule has 7 heteroatoms. The lowest BCUT2D eigenvalue weighted by molar-refractivity contribution is -0.385. The van der Waals surface area contributed by atoms with Gasteiger partial charge in [0.15, 0.2) is 0 Å². The number of thioether (sulfide) groups is 1. The molecule has 0 N–H and O–H groups in total. The number of benzene rings is 1. The summed E-state index contributed by atoms with van der Waals surface area (Å²) in [6, 6.07) is 6.42. The molecule has 0 radical (unpaired) electrons. The molecule has 2 aliphatic rings. The summed E-state index contributed by atoms with van der Waals surface area (Å²) in [6.45, 7) is 3.74. The summed E-state index contributed by atoms with van der Waals surface area (Å²) < 4.78 is 0. The SMILES string of the molecule is O=C(c1ccccc1[N+](=O)[O-])N1CCCSCC1CN1CCCC1. The fourth-order valence-electron chi connectivity index (χ4n) is 3.48. The standard InChI is InChI=1S/C17H23N3O3S/c21-17(15-6-1-2-7-16(15)20(22)23)19-10-5-11-24-13-14(19)12-18-8-3-4-9-18/h1-2,6-7,14H,3-5,8-13H2. The van der Waals surface area contributed by atoms with Crippen LogP contribution in [0.5, 0.6) is 0 Å². The summed E-state index contributed by atoms with van der Waals surface area (Å²) in [5, 5.41) is 11.3. The van der Waals surface area contributed by atoms with Gasteiger partial charge < -0.3 is 9.80 Å². The molecule has 0 saturated carbocycles. The van der Waals surface area contributed by atoms with Gasteiger partial charge in [-0.15, -0.1) is 0 Å². The molecule has 2 fully saturated rings. The van der Waals surface area contributed by atoms with Gasteiger partial charge in [0.1, 0.15) is 5.56 Å². The third-order valence-electron chi connectivity index (χ3n) is 4.70. The smallest absolute Gasteiger partial charge is 0.282 e. The van der Waals surface area contributed by atoms with Crippen molar-refractivity contribution in [3.05, 3.63) is 39.9 Å². The highest BCUT2D eigenvalue weighted by atomic mass is 32.2. The van der Waals surface area contributed by atoms with Gasteiger partial charge in [-0.3, -0.25) is 14.9 Å². The predicted octanol–water partition coefficient (Wildman–Crippen LogP) is 2.64. The first-order valence-corrected chi connectivity index (χ1v) is 9.67. The maximum absolute atomic E-state index is 13.1. The highest BCUT2D eigenvalue weighted by Crippen LogP contribution is 2.25. The van der Waals surface area contributed by atoms with Gasteiger partial charge in [0.05, 0.1) is 11.0 Å². The van der Waals surface area contributed by atoms with E-state index in [-0.39, 0.29) is 23.2 Å². The van der Waals surface area contributed by atoms with Crippen molar-refractivity contribution in [3.8, 4) is 0 Å². The number of nitrogens with zero attached hydrogens (tertiary/aromatic N) is 3. The molecule has 6 nitrogen and oxygen atoms in total. The van der Waals surface area contributed by atoms with E-state index in [1.165, 1.54) is 18.9 Å². The van der Waals surface area contributed by atoms with Crippen molar-refractivity contribution < 1.29 is 9.72 Å². The molecule has 0 aromatic heterocycles. The second-order valence-electron chi connectivity index (χ2n) is 6.36. The molecule has 1 aromatic rings. The first-order valence-electron chi connectivity index (χ1n) is 8.51. The van der Waals surface area contributed by atoms with Crippen LogP contribution in [0.25, 0.3) is 0 Å². The normalized spacial score (nSPS) is 22.3. The zero-order valence-corrected chi connectivity index (χ0v) is 14.5. The van der Waals surface area contributed by atoms with E-state index in [0.717, 1.165) is 37.6 Å². The van der Waals surface area contributed by atoms with Crippen molar-refractivity contribution in [1.82, 2.24) is 9.80 Å². The number of hydrogen-bond acceptors (Lipinski definition) is 5. The highest BCUT2D eigenvalue weighted by molar-refractivity contribution is 7.99. The molecule has 2 aliphatic heterocycles. The molecule has 1 unspecified atom stereocenters. The minimum Gasteiger partial charge on any atom is -0.333 e. The summed E-state index contributed by atoms with van der Waals surface area (Å²) in [5.41, 5.74) is 0.111. The monoisotopic (exact) mass is 349 g/mol. The molecular weight excluding hydrogens is 326 g/mol. The van der Waals surface area contributed by atoms with E-state index in [1.54, 1.807) is 18.2 Å². The molecule has 0 bridgehead atoms. The van der Waals surface area contributed by atoms with E-state index in [1.807, 2.05) is 16.7 Å². The molecule has 0 aliphatic carbocycles. The van der Waals surface area contributed by atoms with E-state index in [2.05, 4.69) is 4.90 Å². The Balaban J connectivity index is 1.82. The van der Waals surface area contributed by atoms with Crippen molar-refractivity contribution in [2.45, 2.75) is 25.3 Å². The van der Waals surface area contributed by atoms with Gasteiger partial charge in [-0.05, 0) is 44.2 Å². The summed E-state index contributed by atoms with van der Waals surface area (Å²) in [4.78, 5) is 28.1. The summed E-state index contributed by atoms with van der Waals surface area (Å²) in [7, 11) is 0. The van der Waals surface area contributed by atoms with E-state index in [9.17, 15) is 14.9 Å². The van der Waals surface area contributed by atoms with Crippen LogP contribution < -0.4 is 0 Å². The number of carbonyl (C=O) groups excluding carboxylic acids is 1. The summed E-state index contributed by atoms with van der Waals surface area (Å²) >= 11 is 1.88. The van der Waals surface area contributed by atoms with Crippen LogP contribution in [0.3, 0.4) is 0 Å². The predicted molar refractivity (Wildman–Crippen MR) is 95.5 cm³/mol. The van der Waals surface area contributed by atoms with Gasteiger partial charge in [0.25, 0.3) is 11.6 Å². The molecule has 2 saturated heterocycles. The molecule has 3 rings (SSSR count).